The molecule has 0 saturated heterocycles. The van der Waals surface area contributed by atoms with Crippen molar-refractivity contribution in [2.75, 3.05) is 0 Å². The molecule has 0 N–H and O–H groups in total. The normalized spacial score (nSPS) is 0. The molecule has 0 aliphatic carbocycles. The topological polar surface area (TPSA) is 28.5 Å². The van der Waals surface area contributed by atoms with Crippen LogP contribution in [0.2, 0.25) is 0 Å². The van der Waals surface area contributed by atoms with Crippen molar-refractivity contribution in [1.29, 1.82) is 0 Å². The molecule has 1 nitrogen and oxygen atoms in total. The van der Waals surface area contributed by atoms with Gasteiger partial charge in [-0.1, -0.05) is 0 Å². The molecule has 0 rings (SSSR count). The first kappa shape index (κ1) is 27.6. The number of hydrogen-bond donors (Lipinski definition) is 0. The van der Waals surface area contributed by atoms with Crippen LogP contribution in [-0.4, -0.2) is 0 Å². The molecule has 0 amide bonds. The maximum absolute atomic E-state index is 0. The average Bonchev–Trinajstić information content (AvgIpc) is 0. The van der Waals surface area contributed by atoms with Crippen LogP contribution in [0.3, 0.4) is 0 Å². The van der Waals surface area contributed by atoms with Crippen LogP contribution >= 0.6 is 0 Å². The van der Waals surface area contributed by atoms with E-state index in [2.05, 4.69) is 0 Å². The van der Waals surface area contributed by atoms with Crippen LogP contribution in [0.4, 0.5) is 0 Å². The van der Waals surface area contributed by atoms with E-state index in [1.807, 2.05) is 0 Å². The Morgan fingerprint density at radius 2 is 1.00 bits per heavy atom. The summed E-state index contributed by atoms with van der Waals surface area (Å²) in [6.45, 7) is 0. The zero-order chi connectivity index (χ0) is 0. The zero-order valence-electron chi connectivity index (χ0n) is 2.30. The molecule has 8 valence electrons. The van der Waals surface area contributed by atoms with Crippen LogP contribution in [0.1, 0.15) is 0 Å². The van der Waals surface area contributed by atoms with Crippen molar-refractivity contribution in [2.45, 2.75) is 0 Å². The number of hydrogen-bond acceptors (Lipinski definition) is 0. The summed E-state index contributed by atoms with van der Waals surface area (Å²) in [6.07, 6.45) is 0. The Bertz CT molecular complexity index is 8.00. The Morgan fingerprint density at radius 1 is 1.00 bits per heavy atom. The van der Waals surface area contributed by atoms with Crippen molar-refractivity contribution in [2.24, 2.45) is 0 Å². The molecule has 0 aromatic carbocycles. The standard InChI is InChI=1S/K.Nb.O.Ta/q+1;+5;-2;+5. The van der Waals surface area contributed by atoms with E-state index in [9.17, 15) is 0 Å². The Morgan fingerprint density at radius 3 is 1.00 bits per heavy atom. The van der Waals surface area contributed by atoms with Gasteiger partial charge in [-0.15, -0.1) is 0 Å². The second-order valence-electron chi connectivity index (χ2n) is 0. The molecule has 0 heterocycles. The van der Waals surface area contributed by atoms with E-state index in [1.54, 1.807) is 0 Å². The zero-order valence-corrected chi connectivity index (χ0v) is 10.8. The maximum Gasteiger partial charge on any atom is 5.00 e. The van der Waals surface area contributed by atoms with Gasteiger partial charge in [-0.2, -0.15) is 0 Å². The van der Waals surface area contributed by atoms with Crippen molar-refractivity contribution in [3.8, 4) is 0 Å². The Labute approximate surface area is 99.0 Å². The molecule has 0 aliphatic rings. The van der Waals surface area contributed by atoms with Gasteiger partial charge in [-0.05, 0) is 0 Å². The van der Waals surface area contributed by atoms with Gasteiger partial charge < -0.3 is 5.48 Å². The van der Waals surface area contributed by atoms with E-state index in [1.165, 1.54) is 0 Å². The largest absolute Gasteiger partial charge is 5.00 e. The summed E-state index contributed by atoms with van der Waals surface area (Å²) in [5.41, 5.74) is 0. The Hall–Kier alpha value is 3.08. The summed E-state index contributed by atoms with van der Waals surface area (Å²) in [6, 6.07) is 0. The van der Waals surface area contributed by atoms with Crippen LogP contribution in [0.5, 0.6) is 0 Å². The van der Waals surface area contributed by atoms with Crippen LogP contribution in [-0.2, 0) is 50.2 Å². The fourth-order valence-corrected chi connectivity index (χ4v) is 0. The molecule has 0 unspecified atom stereocenters. The predicted octanol–water partition coefficient (Wildman–Crippen LogP) is -3.12. The molecule has 0 aromatic heterocycles. The van der Waals surface area contributed by atoms with Gasteiger partial charge in [-0.25, -0.2) is 0 Å². The molecule has 0 fully saturated rings. The van der Waals surface area contributed by atoms with E-state index in [0.29, 0.717) is 0 Å². The van der Waals surface area contributed by atoms with Gasteiger partial charge >= 0.3 is 96.1 Å². The van der Waals surface area contributed by atoms with Crippen molar-refractivity contribution in [1.82, 2.24) is 0 Å². The van der Waals surface area contributed by atoms with Gasteiger partial charge in [-0.3, -0.25) is 0 Å². The molecule has 0 aromatic rings. The minimum atomic E-state index is 0. The van der Waals surface area contributed by atoms with E-state index in [4.69, 9.17) is 0 Å². The predicted molar refractivity (Wildman–Crippen MR) is 0.686 cm³/mol. The minimum absolute atomic E-state index is 0. The maximum atomic E-state index is 0. The van der Waals surface area contributed by atoms with Crippen LogP contribution in [0.15, 0.2) is 0 Å². The van der Waals surface area contributed by atoms with Gasteiger partial charge in [0, 0.05) is 0 Å². The summed E-state index contributed by atoms with van der Waals surface area (Å²) >= 11 is 0. The molecule has 4 heavy (non-hydrogen) atoms. The summed E-state index contributed by atoms with van der Waals surface area (Å²) < 4.78 is 0. The van der Waals surface area contributed by atoms with Crippen LogP contribution in [0, 0.1) is 0 Å². The molecule has 0 atom stereocenters. The van der Waals surface area contributed by atoms with Gasteiger partial charge in [0.25, 0.3) is 0 Å². The molecule has 0 bridgehead atoms. The third kappa shape index (κ3) is 8.91. The van der Waals surface area contributed by atoms with Crippen molar-refractivity contribution >= 4 is 0 Å². The monoisotopic (exact) mass is 329 g/mol. The van der Waals surface area contributed by atoms with Crippen molar-refractivity contribution in [3.63, 3.8) is 0 Å². The second-order valence-corrected chi connectivity index (χ2v) is 0. The first-order valence-electron chi connectivity index (χ1n) is 0. The van der Waals surface area contributed by atoms with E-state index < -0.39 is 0 Å². The Balaban J connectivity index is 0. The minimum Gasteiger partial charge on any atom is -2.00 e. The summed E-state index contributed by atoms with van der Waals surface area (Å²) in [5.74, 6) is 0. The quantitative estimate of drug-likeness (QED) is 0.421. The molecule has 0 spiro atoms. The summed E-state index contributed by atoms with van der Waals surface area (Å²) in [5, 5.41) is 0. The Kier molecular flexibility index (Phi) is 114. The first-order chi connectivity index (χ1) is 0. The van der Waals surface area contributed by atoms with E-state index in [0.717, 1.165) is 0 Å². The van der Waals surface area contributed by atoms with Crippen LogP contribution < -0.4 is 51.4 Å². The van der Waals surface area contributed by atoms with Crippen LogP contribution in [0.25, 0.3) is 0 Å². The molecular weight excluding hydrogens is 329 g/mol. The van der Waals surface area contributed by atoms with E-state index >= 15 is 0 Å². The number of rotatable bonds is 0. The third-order valence-corrected chi connectivity index (χ3v) is 0. The summed E-state index contributed by atoms with van der Waals surface area (Å²) in [4.78, 5) is 0. The third-order valence-electron chi connectivity index (χ3n) is 0. The van der Waals surface area contributed by atoms with Crippen molar-refractivity contribution < 1.29 is 102 Å². The van der Waals surface area contributed by atoms with Gasteiger partial charge in [0.2, 0.25) is 0 Å². The SMILES string of the molecule is [K+].[Nb+5].[O-2].[Ta+5]. The molecule has 0 radical (unpaired) electrons. The fourth-order valence-electron chi connectivity index (χ4n) is 0. The molecular formula is KNbOTa+9. The molecule has 0 saturated carbocycles. The van der Waals surface area contributed by atoms with Gasteiger partial charge in [0.05, 0.1) is 0 Å². The van der Waals surface area contributed by atoms with Gasteiger partial charge in [0.1, 0.15) is 0 Å². The average molecular weight is 329 g/mol. The van der Waals surface area contributed by atoms with E-state index in [-0.39, 0.29) is 102 Å². The molecule has 4 heteroatoms. The first-order valence-corrected chi connectivity index (χ1v) is 0. The molecule has 0 aliphatic heterocycles. The summed E-state index contributed by atoms with van der Waals surface area (Å²) in [7, 11) is 0. The van der Waals surface area contributed by atoms with Gasteiger partial charge in [0.15, 0.2) is 0 Å². The smallest absolute Gasteiger partial charge is 2.00 e. The van der Waals surface area contributed by atoms with Crippen molar-refractivity contribution in [3.05, 3.63) is 0 Å². The fraction of sp³-hybridized carbons (Fsp3) is 0. The second kappa shape index (κ2) is 16.5.